The summed E-state index contributed by atoms with van der Waals surface area (Å²) in [7, 11) is 0. The van der Waals surface area contributed by atoms with Crippen molar-refractivity contribution in [2.24, 2.45) is 5.10 Å². The highest BCUT2D eigenvalue weighted by Gasteiger charge is 2.18. The molecule has 4 aromatic rings. The number of carboxylic acids is 1. The van der Waals surface area contributed by atoms with E-state index < -0.39 is 12.1 Å². The van der Waals surface area contributed by atoms with Gasteiger partial charge in [0, 0.05) is 16.0 Å². The Kier molecular flexibility index (Phi) is 6.79. The van der Waals surface area contributed by atoms with Gasteiger partial charge in [0.25, 0.3) is 5.56 Å². The number of rotatable bonds is 7. The molecule has 8 heteroatoms. The van der Waals surface area contributed by atoms with Gasteiger partial charge < -0.3 is 9.84 Å². The number of nitrogens with zero attached hydrogens (tertiary/aromatic N) is 3. The molecule has 0 fully saturated rings. The number of fused-ring (bicyclic) bond motifs is 2. The Bertz CT molecular complexity index is 1480. The first kappa shape index (κ1) is 23.6. The zero-order valence-corrected chi connectivity index (χ0v) is 20.6. The van der Waals surface area contributed by atoms with Crippen molar-refractivity contribution >= 4 is 49.8 Å². The molecule has 0 unspecified atom stereocenters. The first-order chi connectivity index (χ1) is 16.3. The first-order valence-electron chi connectivity index (χ1n) is 11.0. The van der Waals surface area contributed by atoms with Gasteiger partial charge in [-0.05, 0) is 48.4 Å². The number of carbonyl (C=O) groups is 1. The molecule has 7 nitrogen and oxygen atoms in total. The van der Waals surface area contributed by atoms with E-state index >= 15 is 0 Å². The second-order valence-corrected chi connectivity index (χ2v) is 9.01. The van der Waals surface area contributed by atoms with Crippen LogP contribution in [-0.4, -0.2) is 33.1 Å². The van der Waals surface area contributed by atoms with Crippen LogP contribution in [0.2, 0.25) is 0 Å². The van der Waals surface area contributed by atoms with E-state index in [9.17, 15) is 14.7 Å². The maximum atomic E-state index is 13.4. The van der Waals surface area contributed by atoms with Gasteiger partial charge in [-0.25, -0.2) is 9.78 Å². The van der Waals surface area contributed by atoms with Crippen molar-refractivity contribution in [3.8, 4) is 5.75 Å². The van der Waals surface area contributed by atoms with Gasteiger partial charge in [-0.1, -0.05) is 60.1 Å². The molecule has 0 bridgehead atoms. The van der Waals surface area contributed by atoms with Crippen molar-refractivity contribution < 1.29 is 14.6 Å². The molecule has 0 saturated carbocycles. The number of carboxylic acid groups (broad SMARTS) is 1. The Labute approximate surface area is 204 Å². The van der Waals surface area contributed by atoms with Gasteiger partial charge in [-0.15, -0.1) is 0 Å². The second-order valence-electron chi connectivity index (χ2n) is 8.10. The number of halogens is 1. The number of aliphatic carboxylic acids is 1. The third kappa shape index (κ3) is 4.59. The van der Waals surface area contributed by atoms with Gasteiger partial charge in [-0.2, -0.15) is 9.78 Å². The topological polar surface area (TPSA) is 93.8 Å². The lowest BCUT2D eigenvalue weighted by Gasteiger charge is -2.16. The van der Waals surface area contributed by atoms with Gasteiger partial charge >= 0.3 is 5.97 Å². The monoisotopic (exact) mass is 521 g/mol. The molecule has 0 radical (unpaired) electrons. The highest BCUT2D eigenvalue weighted by molar-refractivity contribution is 9.10. The third-order valence-electron chi connectivity index (χ3n) is 5.77. The molecule has 34 heavy (non-hydrogen) atoms. The summed E-state index contributed by atoms with van der Waals surface area (Å²) < 4.78 is 7.82. The van der Waals surface area contributed by atoms with E-state index in [1.165, 1.54) is 11.6 Å². The summed E-state index contributed by atoms with van der Waals surface area (Å²) in [6, 6.07) is 16.6. The lowest BCUT2D eigenvalue weighted by atomic mass is 10.0. The highest BCUT2D eigenvalue weighted by Crippen LogP contribution is 2.28. The van der Waals surface area contributed by atoms with E-state index in [4.69, 9.17) is 9.72 Å². The van der Waals surface area contributed by atoms with Crippen LogP contribution in [0.1, 0.15) is 44.5 Å². The summed E-state index contributed by atoms with van der Waals surface area (Å²) in [5.74, 6) is -0.157. The number of ether oxygens (including phenoxy) is 1. The summed E-state index contributed by atoms with van der Waals surface area (Å²) >= 11 is 3.42. The van der Waals surface area contributed by atoms with Crippen LogP contribution < -0.4 is 10.3 Å². The zero-order chi connectivity index (χ0) is 24.4. The number of hydrogen-bond donors (Lipinski definition) is 1. The minimum absolute atomic E-state index is 0.00633. The molecule has 3 aromatic carbocycles. The molecule has 174 valence electrons. The molecule has 0 amide bonds. The third-order valence-corrected chi connectivity index (χ3v) is 6.26. The summed E-state index contributed by atoms with van der Waals surface area (Å²) in [5.41, 5.74) is 0.918. The SMILES string of the molecule is CC[C@H](C)c1nc2ccc(Br)cc2c(=O)n1N=Cc1c(O[C@@H](C)C(=O)O)ccc2ccccc12. The molecular formula is C26H24BrN3O4. The summed E-state index contributed by atoms with van der Waals surface area (Å²) in [5, 5.41) is 16.1. The number of benzene rings is 3. The molecule has 0 aliphatic carbocycles. The first-order valence-corrected chi connectivity index (χ1v) is 11.8. The minimum atomic E-state index is -1.07. The van der Waals surface area contributed by atoms with Crippen LogP contribution in [0.25, 0.3) is 21.7 Å². The van der Waals surface area contributed by atoms with Gasteiger partial charge in [0.1, 0.15) is 11.6 Å². The molecule has 2 atom stereocenters. The Hall–Kier alpha value is -3.52. The normalized spacial score (nSPS) is 13.4. The average Bonchev–Trinajstić information content (AvgIpc) is 2.83. The fraction of sp³-hybridized carbons (Fsp3) is 0.231. The molecule has 1 N–H and O–H groups in total. The van der Waals surface area contributed by atoms with Gasteiger partial charge in [0.15, 0.2) is 6.10 Å². The predicted octanol–water partition coefficient (Wildman–Crippen LogP) is 5.56. The quantitative estimate of drug-likeness (QED) is 0.321. The smallest absolute Gasteiger partial charge is 0.344 e. The van der Waals surface area contributed by atoms with Crippen molar-refractivity contribution in [1.29, 1.82) is 0 Å². The van der Waals surface area contributed by atoms with Crippen LogP contribution in [0.3, 0.4) is 0 Å². The van der Waals surface area contributed by atoms with E-state index in [1.54, 1.807) is 18.3 Å². The predicted molar refractivity (Wildman–Crippen MR) is 137 cm³/mol. The van der Waals surface area contributed by atoms with Crippen molar-refractivity contribution in [2.45, 2.75) is 39.2 Å². The van der Waals surface area contributed by atoms with Crippen LogP contribution in [0.5, 0.6) is 5.75 Å². The Morgan fingerprint density at radius 2 is 1.94 bits per heavy atom. The number of aromatic nitrogens is 2. The molecule has 1 aromatic heterocycles. The van der Waals surface area contributed by atoms with Gasteiger partial charge in [-0.3, -0.25) is 4.79 Å². The summed E-state index contributed by atoms with van der Waals surface area (Å²) in [4.78, 5) is 29.6. The van der Waals surface area contributed by atoms with Gasteiger partial charge in [0.2, 0.25) is 0 Å². The number of hydrogen-bond acceptors (Lipinski definition) is 5. The molecule has 1 heterocycles. The highest BCUT2D eigenvalue weighted by atomic mass is 79.9. The van der Waals surface area contributed by atoms with Crippen LogP contribution >= 0.6 is 15.9 Å². The largest absolute Gasteiger partial charge is 0.479 e. The van der Waals surface area contributed by atoms with E-state index in [-0.39, 0.29) is 11.5 Å². The van der Waals surface area contributed by atoms with Crippen molar-refractivity contribution in [3.63, 3.8) is 0 Å². The minimum Gasteiger partial charge on any atom is -0.479 e. The fourth-order valence-electron chi connectivity index (χ4n) is 3.65. The lowest BCUT2D eigenvalue weighted by molar-refractivity contribution is -0.144. The van der Waals surface area contributed by atoms with Crippen molar-refractivity contribution in [2.75, 3.05) is 0 Å². The maximum absolute atomic E-state index is 13.4. The van der Waals surface area contributed by atoms with Crippen molar-refractivity contribution in [1.82, 2.24) is 9.66 Å². The van der Waals surface area contributed by atoms with E-state index in [0.717, 1.165) is 21.7 Å². The molecule has 0 aliphatic rings. The van der Waals surface area contributed by atoms with E-state index in [0.29, 0.717) is 28.0 Å². The van der Waals surface area contributed by atoms with Crippen LogP contribution in [-0.2, 0) is 4.79 Å². The summed E-state index contributed by atoms with van der Waals surface area (Å²) in [6.07, 6.45) is 1.28. The second kappa shape index (κ2) is 9.77. The Morgan fingerprint density at radius 1 is 1.18 bits per heavy atom. The van der Waals surface area contributed by atoms with Crippen LogP contribution in [0.15, 0.2) is 69.0 Å². The lowest BCUT2D eigenvalue weighted by Crippen LogP contribution is -2.24. The van der Waals surface area contributed by atoms with E-state index in [1.807, 2.05) is 56.3 Å². The van der Waals surface area contributed by atoms with Crippen molar-refractivity contribution in [3.05, 3.63) is 80.8 Å². The fourth-order valence-corrected chi connectivity index (χ4v) is 4.01. The van der Waals surface area contributed by atoms with Crippen LogP contribution in [0.4, 0.5) is 0 Å². The Morgan fingerprint density at radius 3 is 2.68 bits per heavy atom. The van der Waals surface area contributed by atoms with E-state index in [2.05, 4.69) is 21.0 Å². The Balaban J connectivity index is 1.93. The average molecular weight is 522 g/mol. The summed E-state index contributed by atoms with van der Waals surface area (Å²) in [6.45, 7) is 5.50. The van der Waals surface area contributed by atoms with Crippen LogP contribution in [0, 0.1) is 0 Å². The standard InChI is InChI=1S/C26H24BrN3O4/c1-4-15(2)24-29-22-11-10-18(27)13-20(22)25(31)30(24)28-14-21-19-8-6-5-7-17(19)9-12-23(21)34-16(3)26(32)33/h5-16H,4H2,1-3H3,(H,32,33)/t15-,16-/m0/s1. The maximum Gasteiger partial charge on any atom is 0.344 e. The molecule has 4 rings (SSSR count). The van der Waals surface area contributed by atoms with Gasteiger partial charge in [0.05, 0.1) is 17.1 Å². The molecule has 0 aliphatic heterocycles. The molecule has 0 spiro atoms. The molecule has 0 saturated heterocycles. The zero-order valence-electron chi connectivity index (χ0n) is 19.0. The molecular weight excluding hydrogens is 498 g/mol.